The summed E-state index contributed by atoms with van der Waals surface area (Å²) in [5.41, 5.74) is 6.22. The molecule has 1 atom stereocenters. The van der Waals surface area contributed by atoms with E-state index in [4.69, 9.17) is 5.73 Å². The Morgan fingerprint density at radius 1 is 1.43 bits per heavy atom. The molecule has 0 bridgehead atoms. The van der Waals surface area contributed by atoms with Crippen LogP contribution < -0.4 is 5.73 Å². The number of thioether (sulfide) groups is 1. The second kappa shape index (κ2) is 4.80. The molecule has 0 aliphatic heterocycles. The summed E-state index contributed by atoms with van der Waals surface area (Å²) < 4.78 is 0. The molecule has 1 rings (SSSR count). The van der Waals surface area contributed by atoms with Crippen molar-refractivity contribution in [1.29, 1.82) is 0 Å². The average Bonchev–Trinajstić information content (AvgIpc) is 2.14. The van der Waals surface area contributed by atoms with Crippen molar-refractivity contribution in [3.8, 4) is 0 Å². The van der Waals surface area contributed by atoms with Crippen LogP contribution in [0.15, 0.2) is 29.4 Å². The third-order valence-corrected chi connectivity index (χ3v) is 3.22. The van der Waals surface area contributed by atoms with Gasteiger partial charge in [0.05, 0.1) is 5.03 Å². The SMILES string of the molecule is CC(C)(C)C(N)CSc1ccccn1. The second-order valence-corrected chi connectivity index (χ2v) is 5.49. The van der Waals surface area contributed by atoms with Gasteiger partial charge in [-0.1, -0.05) is 26.8 Å². The highest BCUT2D eigenvalue weighted by molar-refractivity contribution is 7.99. The Bertz CT molecular complexity index is 266. The molecule has 0 fully saturated rings. The molecule has 0 aliphatic carbocycles. The standard InChI is InChI=1S/C11H18N2S/c1-11(2,3)9(12)8-14-10-6-4-5-7-13-10/h4-7,9H,8,12H2,1-3H3. The molecular weight excluding hydrogens is 192 g/mol. The van der Waals surface area contributed by atoms with Crippen LogP contribution in [0.25, 0.3) is 0 Å². The maximum absolute atomic E-state index is 6.05. The zero-order chi connectivity index (χ0) is 10.6. The minimum atomic E-state index is 0.168. The molecule has 1 aromatic heterocycles. The maximum Gasteiger partial charge on any atom is 0.0960 e. The Labute approximate surface area is 90.3 Å². The van der Waals surface area contributed by atoms with Crippen molar-refractivity contribution in [2.75, 3.05) is 5.75 Å². The number of nitrogens with zero attached hydrogens (tertiary/aromatic N) is 1. The predicted octanol–water partition coefficient (Wildman–Crippen LogP) is 2.55. The van der Waals surface area contributed by atoms with Crippen molar-refractivity contribution in [3.63, 3.8) is 0 Å². The topological polar surface area (TPSA) is 38.9 Å². The van der Waals surface area contributed by atoms with Crippen LogP contribution >= 0.6 is 11.8 Å². The zero-order valence-corrected chi connectivity index (χ0v) is 9.84. The third kappa shape index (κ3) is 3.68. The van der Waals surface area contributed by atoms with Gasteiger partial charge in [0.2, 0.25) is 0 Å². The number of aromatic nitrogens is 1. The molecule has 0 aliphatic rings. The minimum absolute atomic E-state index is 0.168. The molecule has 0 aromatic carbocycles. The van der Waals surface area contributed by atoms with E-state index in [0.717, 1.165) is 10.8 Å². The molecule has 78 valence electrons. The smallest absolute Gasteiger partial charge is 0.0960 e. The van der Waals surface area contributed by atoms with Crippen molar-refractivity contribution < 1.29 is 0 Å². The van der Waals surface area contributed by atoms with Crippen LogP contribution in [-0.4, -0.2) is 16.8 Å². The molecule has 0 spiro atoms. The van der Waals surface area contributed by atoms with Gasteiger partial charge in [0.15, 0.2) is 0 Å². The fourth-order valence-electron chi connectivity index (χ4n) is 0.858. The van der Waals surface area contributed by atoms with E-state index in [0.29, 0.717) is 0 Å². The number of hydrogen-bond acceptors (Lipinski definition) is 3. The largest absolute Gasteiger partial charge is 0.326 e. The molecule has 0 radical (unpaired) electrons. The highest BCUT2D eigenvalue weighted by Crippen LogP contribution is 2.23. The van der Waals surface area contributed by atoms with Crippen LogP contribution in [0.2, 0.25) is 0 Å². The Kier molecular flexibility index (Phi) is 3.96. The lowest BCUT2D eigenvalue weighted by atomic mass is 9.89. The lowest BCUT2D eigenvalue weighted by Gasteiger charge is -2.26. The number of nitrogens with two attached hydrogens (primary N) is 1. The summed E-state index contributed by atoms with van der Waals surface area (Å²) in [6.07, 6.45) is 1.81. The molecular formula is C11H18N2S. The first-order chi connectivity index (χ1) is 6.50. The summed E-state index contributed by atoms with van der Waals surface area (Å²) in [4.78, 5) is 4.24. The van der Waals surface area contributed by atoms with E-state index in [2.05, 4.69) is 25.8 Å². The van der Waals surface area contributed by atoms with Gasteiger partial charge in [-0.3, -0.25) is 0 Å². The molecule has 3 heteroatoms. The predicted molar refractivity (Wildman–Crippen MR) is 62.4 cm³/mol. The minimum Gasteiger partial charge on any atom is -0.326 e. The Hall–Kier alpha value is -0.540. The van der Waals surface area contributed by atoms with Gasteiger partial charge in [0.1, 0.15) is 0 Å². The Morgan fingerprint density at radius 3 is 2.64 bits per heavy atom. The Balaban J connectivity index is 2.42. The van der Waals surface area contributed by atoms with Crippen molar-refractivity contribution in [1.82, 2.24) is 4.98 Å². The van der Waals surface area contributed by atoms with Crippen molar-refractivity contribution >= 4 is 11.8 Å². The first kappa shape index (κ1) is 11.5. The maximum atomic E-state index is 6.05. The second-order valence-electron chi connectivity index (χ2n) is 4.45. The normalized spacial score (nSPS) is 14.0. The summed E-state index contributed by atoms with van der Waals surface area (Å²) in [6, 6.07) is 6.14. The van der Waals surface area contributed by atoms with Gasteiger partial charge in [0, 0.05) is 18.0 Å². The van der Waals surface area contributed by atoms with E-state index in [-0.39, 0.29) is 11.5 Å². The molecule has 0 saturated carbocycles. The number of hydrogen-bond donors (Lipinski definition) is 1. The van der Waals surface area contributed by atoms with Crippen molar-refractivity contribution in [2.45, 2.75) is 31.8 Å². The van der Waals surface area contributed by atoms with Gasteiger partial charge in [-0.05, 0) is 17.5 Å². The lowest BCUT2D eigenvalue weighted by Crippen LogP contribution is -2.37. The van der Waals surface area contributed by atoms with E-state index in [1.807, 2.05) is 24.4 Å². The molecule has 0 saturated heterocycles. The molecule has 2 N–H and O–H groups in total. The number of pyridine rings is 1. The van der Waals surface area contributed by atoms with Crippen LogP contribution in [0.1, 0.15) is 20.8 Å². The van der Waals surface area contributed by atoms with Gasteiger partial charge in [-0.25, -0.2) is 4.98 Å². The van der Waals surface area contributed by atoms with E-state index in [1.165, 1.54) is 0 Å². The summed E-state index contributed by atoms with van der Waals surface area (Å²) in [5, 5.41) is 1.05. The number of rotatable bonds is 3. The van der Waals surface area contributed by atoms with E-state index >= 15 is 0 Å². The fraction of sp³-hybridized carbons (Fsp3) is 0.545. The van der Waals surface area contributed by atoms with Gasteiger partial charge in [0.25, 0.3) is 0 Å². The molecule has 1 heterocycles. The highest BCUT2D eigenvalue weighted by atomic mass is 32.2. The first-order valence-corrected chi connectivity index (χ1v) is 5.78. The van der Waals surface area contributed by atoms with Gasteiger partial charge in [-0.2, -0.15) is 0 Å². The monoisotopic (exact) mass is 210 g/mol. The van der Waals surface area contributed by atoms with Gasteiger partial charge >= 0.3 is 0 Å². The summed E-state index contributed by atoms with van der Waals surface area (Å²) in [5.74, 6) is 0.917. The van der Waals surface area contributed by atoms with Crippen LogP contribution in [0.4, 0.5) is 0 Å². The summed E-state index contributed by atoms with van der Waals surface area (Å²) >= 11 is 1.72. The molecule has 1 aromatic rings. The summed E-state index contributed by atoms with van der Waals surface area (Å²) in [6.45, 7) is 6.49. The quantitative estimate of drug-likeness (QED) is 0.779. The van der Waals surface area contributed by atoms with Gasteiger partial charge < -0.3 is 5.73 Å². The van der Waals surface area contributed by atoms with Crippen molar-refractivity contribution in [2.24, 2.45) is 11.1 Å². The van der Waals surface area contributed by atoms with E-state index in [9.17, 15) is 0 Å². The molecule has 2 nitrogen and oxygen atoms in total. The average molecular weight is 210 g/mol. The Morgan fingerprint density at radius 2 is 2.14 bits per heavy atom. The van der Waals surface area contributed by atoms with E-state index < -0.39 is 0 Å². The third-order valence-electron chi connectivity index (χ3n) is 2.16. The van der Waals surface area contributed by atoms with Gasteiger partial charge in [-0.15, -0.1) is 11.8 Å². The van der Waals surface area contributed by atoms with Crippen molar-refractivity contribution in [3.05, 3.63) is 24.4 Å². The lowest BCUT2D eigenvalue weighted by molar-refractivity contribution is 0.344. The molecule has 14 heavy (non-hydrogen) atoms. The fourth-order valence-corrected chi connectivity index (χ4v) is 2.02. The highest BCUT2D eigenvalue weighted by Gasteiger charge is 2.20. The molecule has 0 amide bonds. The van der Waals surface area contributed by atoms with E-state index in [1.54, 1.807) is 11.8 Å². The summed E-state index contributed by atoms with van der Waals surface area (Å²) in [7, 11) is 0. The van der Waals surface area contributed by atoms with Crippen LogP contribution in [0.3, 0.4) is 0 Å². The van der Waals surface area contributed by atoms with Crippen LogP contribution in [0, 0.1) is 5.41 Å². The molecule has 1 unspecified atom stereocenters. The van der Waals surface area contributed by atoms with Crippen LogP contribution in [0.5, 0.6) is 0 Å². The first-order valence-electron chi connectivity index (χ1n) is 4.79. The van der Waals surface area contributed by atoms with Crippen LogP contribution in [-0.2, 0) is 0 Å². The zero-order valence-electron chi connectivity index (χ0n) is 9.03.